The second kappa shape index (κ2) is 6.19. The average molecular weight is 248 g/mol. The Hall–Kier alpha value is -1.84. The van der Waals surface area contributed by atoms with Crippen molar-refractivity contribution in [1.82, 2.24) is 5.43 Å². The zero-order valence-corrected chi connectivity index (χ0v) is 11.3. The van der Waals surface area contributed by atoms with Gasteiger partial charge in [0.15, 0.2) is 0 Å². The third-order valence-electron chi connectivity index (χ3n) is 2.18. The summed E-state index contributed by atoms with van der Waals surface area (Å²) in [5.74, 6) is 0.140. The molecule has 1 amide bonds. The van der Waals surface area contributed by atoms with Gasteiger partial charge in [0.05, 0.1) is 0 Å². The number of amides is 1. The van der Waals surface area contributed by atoms with Crippen LogP contribution in [0.5, 0.6) is 0 Å². The molecule has 0 fully saturated rings. The lowest BCUT2D eigenvalue weighted by atomic mass is 10.0. The van der Waals surface area contributed by atoms with E-state index in [0.717, 1.165) is 5.56 Å². The molecule has 1 aromatic rings. The van der Waals surface area contributed by atoms with Crippen molar-refractivity contribution in [3.05, 3.63) is 35.9 Å². The Bertz CT molecular complexity index is 408. The minimum atomic E-state index is -0.543. The van der Waals surface area contributed by atoms with Gasteiger partial charge >= 0.3 is 6.09 Å². The number of nitrogens with zero attached hydrogens (tertiary/aromatic N) is 1. The fourth-order valence-electron chi connectivity index (χ4n) is 1.35. The molecule has 1 atom stereocenters. The van der Waals surface area contributed by atoms with Crippen LogP contribution in [0.4, 0.5) is 4.79 Å². The van der Waals surface area contributed by atoms with Gasteiger partial charge in [0, 0.05) is 12.1 Å². The van der Waals surface area contributed by atoms with E-state index < -0.39 is 11.7 Å². The van der Waals surface area contributed by atoms with Gasteiger partial charge in [-0.2, -0.15) is 5.10 Å². The van der Waals surface area contributed by atoms with Crippen molar-refractivity contribution in [2.45, 2.75) is 39.2 Å². The lowest BCUT2D eigenvalue weighted by Crippen LogP contribution is -2.29. The van der Waals surface area contributed by atoms with Crippen LogP contribution in [0.2, 0.25) is 0 Å². The number of ether oxygens (including phenoxy) is 1. The second-order valence-electron chi connectivity index (χ2n) is 5.09. The van der Waals surface area contributed by atoms with Crippen molar-refractivity contribution in [3.63, 3.8) is 0 Å². The molecule has 18 heavy (non-hydrogen) atoms. The molecule has 0 bridgehead atoms. The first kappa shape index (κ1) is 14.2. The monoisotopic (exact) mass is 248 g/mol. The summed E-state index contributed by atoms with van der Waals surface area (Å²) in [6.07, 6.45) is 1.14. The van der Waals surface area contributed by atoms with Crippen molar-refractivity contribution in [2.75, 3.05) is 0 Å². The SMILES string of the molecule is C[C@H](/C=N\NC(=O)OC(C)(C)C)c1ccccc1. The summed E-state index contributed by atoms with van der Waals surface area (Å²) in [5, 5.41) is 3.88. The van der Waals surface area contributed by atoms with E-state index >= 15 is 0 Å². The second-order valence-corrected chi connectivity index (χ2v) is 5.09. The zero-order valence-electron chi connectivity index (χ0n) is 11.3. The third kappa shape index (κ3) is 5.48. The van der Waals surface area contributed by atoms with Crippen molar-refractivity contribution in [3.8, 4) is 0 Å². The van der Waals surface area contributed by atoms with E-state index in [1.54, 1.807) is 6.21 Å². The molecule has 4 heteroatoms. The molecule has 1 aromatic carbocycles. The predicted octanol–water partition coefficient (Wildman–Crippen LogP) is 3.30. The van der Waals surface area contributed by atoms with Gasteiger partial charge in [0.2, 0.25) is 0 Å². The maximum Gasteiger partial charge on any atom is 0.428 e. The van der Waals surface area contributed by atoms with Gasteiger partial charge in [0.25, 0.3) is 0 Å². The van der Waals surface area contributed by atoms with E-state index in [1.165, 1.54) is 0 Å². The Morgan fingerprint density at radius 3 is 2.50 bits per heavy atom. The van der Waals surface area contributed by atoms with Gasteiger partial charge in [0.1, 0.15) is 5.60 Å². The Morgan fingerprint density at radius 2 is 1.94 bits per heavy atom. The standard InChI is InChI=1S/C14H20N2O2/c1-11(12-8-6-5-7-9-12)10-15-16-13(17)18-14(2,3)4/h5-11H,1-4H3,(H,16,17)/b15-10-/t11-/m1/s1. The maximum atomic E-state index is 11.3. The highest BCUT2D eigenvalue weighted by molar-refractivity contribution is 5.72. The number of hydrazone groups is 1. The molecule has 0 saturated heterocycles. The molecule has 0 spiro atoms. The van der Waals surface area contributed by atoms with E-state index in [9.17, 15) is 4.79 Å². The van der Waals surface area contributed by atoms with E-state index in [-0.39, 0.29) is 5.92 Å². The molecule has 0 radical (unpaired) electrons. The minimum absolute atomic E-state index is 0.140. The zero-order chi connectivity index (χ0) is 13.6. The Kier molecular flexibility index (Phi) is 4.89. The number of rotatable bonds is 3. The highest BCUT2D eigenvalue weighted by Gasteiger charge is 2.15. The minimum Gasteiger partial charge on any atom is -0.443 e. The molecule has 1 N–H and O–H groups in total. The molecule has 0 aliphatic rings. The Labute approximate surface area is 108 Å². The summed E-state index contributed by atoms with van der Waals surface area (Å²) in [6.45, 7) is 7.43. The van der Waals surface area contributed by atoms with Gasteiger partial charge in [-0.25, -0.2) is 10.2 Å². The van der Waals surface area contributed by atoms with Crippen LogP contribution in [-0.4, -0.2) is 17.9 Å². The largest absolute Gasteiger partial charge is 0.443 e. The lowest BCUT2D eigenvalue weighted by molar-refractivity contribution is 0.0529. The number of hydrogen-bond acceptors (Lipinski definition) is 3. The quantitative estimate of drug-likeness (QED) is 0.659. The van der Waals surface area contributed by atoms with E-state index in [2.05, 4.69) is 10.5 Å². The van der Waals surface area contributed by atoms with Gasteiger partial charge in [-0.05, 0) is 26.3 Å². The molecule has 0 aliphatic carbocycles. The van der Waals surface area contributed by atoms with Crippen LogP contribution in [0.1, 0.15) is 39.2 Å². The molecular weight excluding hydrogens is 228 g/mol. The first-order valence-electron chi connectivity index (χ1n) is 5.95. The molecule has 1 rings (SSSR count). The van der Waals surface area contributed by atoms with Gasteiger partial charge < -0.3 is 4.74 Å². The first-order chi connectivity index (χ1) is 8.38. The summed E-state index contributed by atoms with van der Waals surface area (Å²) >= 11 is 0. The molecular formula is C14H20N2O2. The lowest BCUT2D eigenvalue weighted by Gasteiger charge is -2.18. The topological polar surface area (TPSA) is 50.7 Å². The highest BCUT2D eigenvalue weighted by atomic mass is 16.6. The average Bonchev–Trinajstić information content (AvgIpc) is 2.27. The van der Waals surface area contributed by atoms with Crippen LogP contribution in [0.25, 0.3) is 0 Å². The first-order valence-corrected chi connectivity index (χ1v) is 5.95. The van der Waals surface area contributed by atoms with Crippen LogP contribution in [0, 0.1) is 0 Å². The van der Waals surface area contributed by atoms with E-state index in [4.69, 9.17) is 4.74 Å². The van der Waals surface area contributed by atoms with Gasteiger partial charge in [-0.15, -0.1) is 0 Å². The Balaban J connectivity index is 2.44. The summed E-state index contributed by atoms with van der Waals surface area (Å²) in [5.41, 5.74) is 2.98. The van der Waals surface area contributed by atoms with Crippen LogP contribution in [-0.2, 0) is 4.74 Å². The number of hydrogen-bond donors (Lipinski definition) is 1. The summed E-state index contributed by atoms with van der Waals surface area (Å²) in [4.78, 5) is 11.3. The van der Waals surface area contributed by atoms with Crippen molar-refractivity contribution >= 4 is 12.3 Å². The predicted molar refractivity (Wildman–Crippen MR) is 72.7 cm³/mol. The smallest absolute Gasteiger partial charge is 0.428 e. The molecule has 0 aromatic heterocycles. The normalized spacial score (nSPS) is 13.3. The Morgan fingerprint density at radius 1 is 1.33 bits per heavy atom. The van der Waals surface area contributed by atoms with Crippen molar-refractivity contribution in [1.29, 1.82) is 0 Å². The summed E-state index contributed by atoms with van der Waals surface area (Å²) < 4.78 is 5.06. The van der Waals surface area contributed by atoms with E-state index in [1.807, 2.05) is 58.0 Å². The molecule has 98 valence electrons. The van der Waals surface area contributed by atoms with Crippen LogP contribution >= 0.6 is 0 Å². The van der Waals surface area contributed by atoms with Gasteiger partial charge in [-0.1, -0.05) is 37.3 Å². The van der Waals surface area contributed by atoms with E-state index in [0.29, 0.717) is 0 Å². The fraction of sp³-hybridized carbons (Fsp3) is 0.429. The maximum absolute atomic E-state index is 11.3. The van der Waals surface area contributed by atoms with Crippen LogP contribution in [0.15, 0.2) is 35.4 Å². The van der Waals surface area contributed by atoms with Crippen molar-refractivity contribution in [2.24, 2.45) is 5.10 Å². The van der Waals surface area contributed by atoms with Crippen LogP contribution in [0.3, 0.4) is 0 Å². The summed E-state index contributed by atoms with van der Waals surface area (Å²) in [7, 11) is 0. The fourth-order valence-corrected chi connectivity index (χ4v) is 1.35. The highest BCUT2D eigenvalue weighted by Crippen LogP contribution is 2.11. The number of carbonyl (C=O) groups excluding carboxylic acids is 1. The molecule has 4 nitrogen and oxygen atoms in total. The molecule has 0 heterocycles. The summed E-state index contributed by atoms with van der Waals surface area (Å²) in [6, 6.07) is 9.95. The number of nitrogens with one attached hydrogen (secondary N) is 1. The number of carbonyl (C=O) groups is 1. The van der Waals surface area contributed by atoms with Crippen molar-refractivity contribution < 1.29 is 9.53 Å². The molecule has 0 aliphatic heterocycles. The van der Waals surface area contributed by atoms with Gasteiger partial charge in [-0.3, -0.25) is 0 Å². The van der Waals surface area contributed by atoms with Crippen LogP contribution < -0.4 is 5.43 Å². The number of benzene rings is 1. The third-order valence-corrected chi connectivity index (χ3v) is 2.18. The molecule has 0 saturated carbocycles. The molecule has 0 unspecified atom stereocenters.